The highest BCUT2D eigenvalue weighted by molar-refractivity contribution is 7.90. The maximum absolute atomic E-state index is 14.1. The van der Waals surface area contributed by atoms with Gasteiger partial charge in [-0.2, -0.15) is 0 Å². The number of fused-ring (bicyclic) bond motifs is 1. The van der Waals surface area contributed by atoms with E-state index in [9.17, 15) is 22.4 Å². The topological polar surface area (TPSA) is 83.5 Å². The van der Waals surface area contributed by atoms with Gasteiger partial charge in [-0.3, -0.25) is 9.59 Å². The normalized spacial score (nSPS) is 16.8. The summed E-state index contributed by atoms with van der Waals surface area (Å²) in [7, 11) is -3.55. The van der Waals surface area contributed by atoms with Crippen LogP contribution in [-0.2, 0) is 19.4 Å². The Kier molecular flexibility index (Phi) is 5.03. The molecule has 1 N–H and O–H groups in total. The van der Waals surface area contributed by atoms with Gasteiger partial charge in [-0.15, -0.1) is 0 Å². The average Bonchev–Trinajstić information content (AvgIpc) is 3.10. The number of amides is 2. The first-order valence-corrected chi connectivity index (χ1v) is 11.2. The average molecular weight is 426 g/mol. The van der Waals surface area contributed by atoms with Crippen LogP contribution in [0.1, 0.15) is 6.42 Å². The molecule has 4 rings (SSSR count). The lowest BCUT2D eigenvalue weighted by Gasteiger charge is -2.19. The van der Waals surface area contributed by atoms with Crippen molar-refractivity contribution in [2.75, 3.05) is 23.0 Å². The largest absolute Gasteiger partial charge is 0.323 e. The van der Waals surface area contributed by atoms with Crippen molar-refractivity contribution < 1.29 is 22.4 Å². The van der Waals surface area contributed by atoms with Crippen LogP contribution in [0.25, 0.3) is 10.8 Å². The molecule has 30 heavy (non-hydrogen) atoms. The lowest BCUT2D eigenvalue weighted by atomic mass is 10.1. The van der Waals surface area contributed by atoms with E-state index in [2.05, 4.69) is 5.32 Å². The Bertz CT molecular complexity index is 1270. The summed E-state index contributed by atoms with van der Waals surface area (Å²) in [5, 5.41) is 4.32. The van der Waals surface area contributed by atoms with Gasteiger partial charge in [-0.25, -0.2) is 12.8 Å². The van der Waals surface area contributed by atoms with Crippen LogP contribution in [0.3, 0.4) is 0 Å². The minimum Gasteiger partial charge on any atom is -0.323 e. The Morgan fingerprint density at radius 1 is 1.10 bits per heavy atom. The van der Waals surface area contributed by atoms with Crippen molar-refractivity contribution >= 4 is 43.8 Å². The van der Waals surface area contributed by atoms with Crippen molar-refractivity contribution in [2.24, 2.45) is 5.92 Å². The summed E-state index contributed by atoms with van der Waals surface area (Å²) in [5.41, 5.74) is 0.498. The van der Waals surface area contributed by atoms with E-state index in [-0.39, 0.29) is 29.5 Å². The van der Waals surface area contributed by atoms with Gasteiger partial charge in [-0.1, -0.05) is 36.4 Å². The van der Waals surface area contributed by atoms with E-state index >= 15 is 0 Å². The molecule has 1 unspecified atom stereocenters. The number of anilines is 2. The number of hydrogen-bond acceptors (Lipinski definition) is 4. The molecular weight excluding hydrogens is 407 g/mol. The fourth-order valence-electron chi connectivity index (χ4n) is 3.63. The minimum absolute atomic E-state index is 0.0115. The van der Waals surface area contributed by atoms with Crippen LogP contribution in [0.5, 0.6) is 0 Å². The van der Waals surface area contributed by atoms with Gasteiger partial charge in [0.15, 0.2) is 9.84 Å². The smallest absolute Gasteiger partial charge is 0.229 e. The standard InChI is InChI=1S/C22H19FN2O4S/c1-30(28,29)16-9-10-18(23)19(12-16)24-22(27)15-11-21(26)25(13-15)20-8-4-6-14-5-2-3-7-17(14)20/h2-10,12,15H,11,13H2,1H3,(H,24,27). The predicted octanol–water partition coefficient (Wildman–Crippen LogP) is 3.37. The van der Waals surface area contributed by atoms with E-state index in [0.29, 0.717) is 0 Å². The molecule has 1 heterocycles. The second-order valence-electron chi connectivity index (χ2n) is 7.31. The van der Waals surface area contributed by atoms with Crippen LogP contribution in [0.15, 0.2) is 65.6 Å². The first kappa shape index (κ1) is 20.0. The molecule has 0 spiro atoms. The van der Waals surface area contributed by atoms with Crippen LogP contribution < -0.4 is 10.2 Å². The number of nitrogens with one attached hydrogen (secondary N) is 1. The highest BCUT2D eigenvalue weighted by Crippen LogP contribution is 2.32. The Morgan fingerprint density at radius 2 is 1.83 bits per heavy atom. The van der Waals surface area contributed by atoms with Gasteiger partial charge in [0.05, 0.1) is 22.2 Å². The summed E-state index contributed by atoms with van der Waals surface area (Å²) in [4.78, 5) is 26.8. The van der Waals surface area contributed by atoms with Crippen LogP contribution in [-0.4, -0.2) is 33.0 Å². The lowest BCUT2D eigenvalue weighted by Crippen LogP contribution is -2.28. The van der Waals surface area contributed by atoms with E-state index < -0.39 is 27.5 Å². The van der Waals surface area contributed by atoms with Crippen LogP contribution >= 0.6 is 0 Å². The molecule has 154 valence electrons. The van der Waals surface area contributed by atoms with E-state index in [0.717, 1.165) is 40.9 Å². The Balaban J connectivity index is 1.57. The molecule has 0 radical (unpaired) electrons. The number of hydrogen-bond donors (Lipinski definition) is 1. The van der Waals surface area contributed by atoms with E-state index in [1.54, 1.807) is 4.90 Å². The third kappa shape index (κ3) is 3.78. The molecule has 0 aromatic heterocycles. The van der Waals surface area contributed by atoms with Gasteiger partial charge < -0.3 is 10.2 Å². The Labute approximate surface area is 173 Å². The molecule has 0 bridgehead atoms. The number of rotatable bonds is 4. The summed E-state index contributed by atoms with van der Waals surface area (Å²) in [6, 6.07) is 16.5. The molecule has 1 aliphatic heterocycles. The molecule has 8 heteroatoms. The molecule has 3 aromatic carbocycles. The van der Waals surface area contributed by atoms with Gasteiger partial charge in [0.25, 0.3) is 0 Å². The summed E-state index contributed by atoms with van der Waals surface area (Å²) in [6.45, 7) is 0.159. The third-order valence-electron chi connectivity index (χ3n) is 5.18. The van der Waals surface area contributed by atoms with Gasteiger partial charge in [0.1, 0.15) is 5.82 Å². The first-order valence-electron chi connectivity index (χ1n) is 9.32. The van der Waals surface area contributed by atoms with Crippen LogP contribution in [0, 0.1) is 11.7 Å². The maximum Gasteiger partial charge on any atom is 0.229 e. The SMILES string of the molecule is CS(=O)(=O)c1ccc(F)c(NC(=O)C2CC(=O)N(c3cccc4ccccc34)C2)c1. The third-order valence-corrected chi connectivity index (χ3v) is 6.29. The molecule has 1 saturated heterocycles. The van der Waals surface area contributed by atoms with Crippen molar-refractivity contribution in [3.05, 3.63) is 66.5 Å². The number of carbonyl (C=O) groups is 2. The molecule has 0 saturated carbocycles. The fourth-order valence-corrected chi connectivity index (χ4v) is 4.27. The quantitative estimate of drug-likeness (QED) is 0.649. The van der Waals surface area contributed by atoms with Crippen molar-refractivity contribution in [2.45, 2.75) is 11.3 Å². The van der Waals surface area contributed by atoms with Gasteiger partial charge in [0.2, 0.25) is 11.8 Å². The number of carbonyl (C=O) groups excluding carboxylic acids is 2. The predicted molar refractivity (Wildman–Crippen MR) is 113 cm³/mol. The molecule has 1 fully saturated rings. The van der Waals surface area contributed by atoms with Crippen LogP contribution in [0.2, 0.25) is 0 Å². The van der Waals surface area contributed by atoms with Crippen molar-refractivity contribution in [3.63, 3.8) is 0 Å². The molecule has 0 aliphatic carbocycles. The molecule has 2 amide bonds. The highest BCUT2D eigenvalue weighted by Gasteiger charge is 2.36. The van der Waals surface area contributed by atoms with E-state index in [1.165, 1.54) is 0 Å². The second-order valence-corrected chi connectivity index (χ2v) is 9.32. The van der Waals surface area contributed by atoms with Crippen molar-refractivity contribution in [3.8, 4) is 0 Å². The fraction of sp³-hybridized carbons (Fsp3) is 0.182. The maximum atomic E-state index is 14.1. The summed E-state index contributed by atoms with van der Waals surface area (Å²) in [6.07, 6.45) is 0.992. The Hall–Kier alpha value is -3.26. The molecular formula is C22H19FN2O4S. The van der Waals surface area contributed by atoms with E-state index in [4.69, 9.17) is 0 Å². The number of sulfone groups is 1. The zero-order valence-electron chi connectivity index (χ0n) is 16.1. The molecule has 3 aromatic rings. The molecule has 1 aliphatic rings. The van der Waals surface area contributed by atoms with Gasteiger partial charge >= 0.3 is 0 Å². The zero-order valence-corrected chi connectivity index (χ0v) is 16.9. The first-order chi connectivity index (χ1) is 14.2. The van der Waals surface area contributed by atoms with Crippen molar-refractivity contribution in [1.29, 1.82) is 0 Å². The summed E-state index contributed by atoms with van der Waals surface area (Å²) < 4.78 is 37.5. The summed E-state index contributed by atoms with van der Waals surface area (Å²) >= 11 is 0. The highest BCUT2D eigenvalue weighted by atomic mass is 32.2. The van der Waals surface area contributed by atoms with Gasteiger partial charge in [-0.05, 0) is 29.7 Å². The lowest BCUT2D eigenvalue weighted by molar-refractivity contribution is -0.122. The van der Waals surface area contributed by atoms with Crippen LogP contribution in [0.4, 0.5) is 15.8 Å². The molecule has 1 atom stereocenters. The van der Waals surface area contributed by atoms with Crippen molar-refractivity contribution in [1.82, 2.24) is 0 Å². The van der Waals surface area contributed by atoms with E-state index in [1.807, 2.05) is 42.5 Å². The number of benzene rings is 3. The number of halogens is 1. The monoisotopic (exact) mass is 426 g/mol. The number of nitrogens with zero attached hydrogens (tertiary/aromatic N) is 1. The zero-order chi connectivity index (χ0) is 21.5. The molecule has 6 nitrogen and oxygen atoms in total. The minimum atomic E-state index is -3.55. The Morgan fingerprint density at radius 3 is 2.60 bits per heavy atom. The summed E-state index contributed by atoms with van der Waals surface area (Å²) in [5.74, 6) is -2.16. The second kappa shape index (κ2) is 7.53. The van der Waals surface area contributed by atoms with Gasteiger partial charge in [0, 0.05) is 24.6 Å².